The topological polar surface area (TPSA) is 41.3 Å². The van der Waals surface area contributed by atoms with Crippen molar-refractivity contribution in [1.29, 1.82) is 0 Å². The van der Waals surface area contributed by atoms with Crippen LogP contribution in [0.25, 0.3) is 0 Å². The van der Waals surface area contributed by atoms with E-state index in [1.165, 1.54) is 18.4 Å². The van der Waals surface area contributed by atoms with E-state index in [1.807, 2.05) is 6.07 Å². The highest BCUT2D eigenvalue weighted by Crippen LogP contribution is 2.36. The third kappa shape index (κ3) is 2.87. The second kappa shape index (κ2) is 5.62. The Morgan fingerprint density at radius 3 is 2.76 bits per heavy atom. The van der Waals surface area contributed by atoms with Crippen LogP contribution in [0.2, 0.25) is 0 Å². The zero-order valence-corrected chi connectivity index (χ0v) is 12.1. The zero-order valence-electron chi connectivity index (χ0n) is 12.1. The molecule has 1 aromatic heterocycles. The van der Waals surface area contributed by atoms with Gasteiger partial charge in [-0.25, -0.2) is 0 Å². The molecular formula is C17H21N3O. The summed E-state index contributed by atoms with van der Waals surface area (Å²) >= 11 is 0. The number of nitrogens with one attached hydrogen (secondary N) is 1. The first-order chi connectivity index (χ1) is 10.4. The van der Waals surface area contributed by atoms with E-state index >= 15 is 0 Å². The van der Waals surface area contributed by atoms with E-state index in [9.17, 15) is 0 Å². The highest BCUT2D eigenvalue weighted by molar-refractivity contribution is 5.21. The molecule has 1 N–H and O–H groups in total. The van der Waals surface area contributed by atoms with E-state index in [1.54, 1.807) is 6.26 Å². The summed E-state index contributed by atoms with van der Waals surface area (Å²) in [5.41, 5.74) is 2.40. The normalized spacial score (nSPS) is 26.9. The van der Waals surface area contributed by atoms with Crippen LogP contribution in [0.4, 0.5) is 0 Å². The molecule has 4 nitrogen and oxygen atoms in total. The van der Waals surface area contributed by atoms with Gasteiger partial charge in [0.1, 0.15) is 6.26 Å². The van der Waals surface area contributed by atoms with Crippen LogP contribution in [0.5, 0.6) is 0 Å². The van der Waals surface area contributed by atoms with Crippen molar-refractivity contribution in [3.8, 4) is 0 Å². The summed E-state index contributed by atoms with van der Waals surface area (Å²) in [5.74, 6) is 0.876. The number of nitrogens with zero attached hydrogens (tertiary/aromatic N) is 2. The fourth-order valence-corrected chi connectivity index (χ4v) is 3.36. The van der Waals surface area contributed by atoms with Gasteiger partial charge in [-0.1, -0.05) is 35.5 Å². The summed E-state index contributed by atoms with van der Waals surface area (Å²) in [6, 6.07) is 13.8. The van der Waals surface area contributed by atoms with Crippen molar-refractivity contribution >= 4 is 0 Å². The van der Waals surface area contributed by atoms with Crippen molar-refractivity contribution in [2.45, 2.75) is 31.5 Å². The maximum Gasteiger partial charge on any atom is 0.124 e. The van der Waals surface area contributed by atoms with Gasteiger partial charge in [0.25, 0.3) is 0 Å². The first kappa shape index (κ1) is 13.0. The third-order valence-electron chi connectivity index (χ3n) is 4.68. The maximum atomic E-state index is 4.99. The lowest BCUT2D eigenvalue weighted by atomic mass is 9.99. The molecule has 2 unspecified atom stereocenters. The van der Waals surface area contributed by atoms with Gasteiger partial charge >= 0.3 is 0 Å². The Morgan fingerprint density at radius 1 is 1.19 bits per heavy atom. The minimum Gasteiger partial charge on any atom is -0.364 e. The fourth-order valence-electron chi connectivity index (χ4n) is 3.36. The first-order valence-corrected chi connectivity index (χ1v) is 7.82. The van der Waals surface area contributed by atoms with E-state index in [0.29, 0.717) is 12.1 Å². The molecule has 2 atom stereocenters. The van der Waals surface area contributed by atoms with Gasteiger partial charge in [0.15, 0.2) is 0 Å². The lowest BCUT2D eigenvalue weighted by Crippen LogP contribution is -2.52. The van der Waals surface area contributed by atoms with E-state index < -0.39 is 0 Å². The predicted molar refractivity (Wildman–Crippen MR) is 80.6 cm³/mol. The number of hydrogen-bond donors (Lipinski definition) is 1. The second-order valence-electron chi connectivity index (χ2n) is 6.20. The molecule has 1 aliphatic carbocycles. The lowest BCUT2D eigenvalue weighted by Gasteiger charge is -2.40. The summed E-state index contributed by atoms with van der Waals surface area (Å²) in [5, 5.41) is 7.84. The molecule has 0 radical (unpaired) electrons. The van der Waals surface area contributed by atoms with Crippen LogP contribution in [0.15, 0.2) is 47.2 Å². The summed E-state index contributed by atoms with van der Waals surface area (Å²) in [6.45, 7) is 2.97. The molecule has 2 aliphatic rings. The Labute approximate surface area is 125 Å². The predicted octanol–water partition coefficient (Wildman–Crippen LogP) is 2.60. The monoisotopic (exact) mass is 283 g/mol. The average Bonchev–Trinajstić information content (AvgIpc) is 3.26. The van der Waals surface area contributed by atoms with Crippen molar-refractivity contribution in [3.63, 3.8) is 0 Å². The number of benzene rings is 1. The second-order valence-corrected chi connectivity index (χ2v) is 6.20. The largest absolute Gasteiger partial charge is 0.364 e. The Bertz CT molecular complexity index is 565. The summed E-state index contributed by atoms with van der Waals surface area (Å²) in [4.78, 5) is 2.55. The Balaban J connectivity index is 1.55. The van der Waals surface area contributed by atoms with Crippen molar-refractivity contribution in [1.82, 2.24) is 15.4 Å². The molecule has 1 saturated carbocycles. The SMILES string of the molecule is c1ccc(C2CNC(C3CC3)CN2Cc2ccon2)cc1. The van der Waals surface area contributed by atoms with Gasteiger partial charge in [-0.15, -0.1) is 0 Å². The first-order valence-electron chi connectivity index (χ1n) is 7.82. The maximum absolute atomic E-state index is 4.99. The molecule has 0 amide bonds. The van der Waals surface area contributed by atoms with Gasteiger partial charge in [-0.2, -0.15) is 0 Å². The van der Waals surface area contributed by atoms with Crippen LogP contribution in [0, 0.1) is 5.92 Å². The lowest BCUT2D eigenvalue weighted by molar-refractivity contribution is 0.112. The number of piperazine rings is 1. The molecule has 1 saturated heterocycles. The molecule has 1 aliphatic heterocycles. The van der Waals surface area contributed by atoms with Gasteiger partial charge in [0.05, 0.1) is 5.69 Å². The van der Waals surface area contributed by atoms with Crippen LogP contribution in [-0.4, -0.2) is 29.2 Å². The molecule has 1 aromatic carbocycles. The number of hydrogen-bond acceptors (Lipinski definition) is 4. The standard InChI is InChI=1S/C17H21N3O/c1-2-4-14(5-3-1)17-10-18-16(13-6-7-13)12-20(17)11-15-8-9-21-19-15/h1-5,8-9,13,16-18H,6-7,10-12H2. The average molecular weight is 283 g/mol. The van der Waals surface area contributed by atoms with Crippen LogP contribution in [-0.2, 0) is 6.54 Å². The van der Waals surface area contributed by atoms with Gasteiger partial charge < -0.3 is 9.84 Å². The molecule has 2 heterocycles. The minimum absolute atomic E-state index is 0.415. The van der Waals surface area contributed by atoms with Crippen LogP contribution >= 0.6 is 0 Å². The van der Waals surface area contributed by atoms with E-state index in [4.69, 9.17) is 4.52 Å². The smallest absolute Gasteiger partial charge is 0.124 e. The van der Waals surface area contributed by atoms with Crippen molar-refractivity contribution in [2.24, 2.45) is 5.92 Å². The molecule has 21 heavy (non-hydrogen) atoms. The highest BCUT2D eigenvalue weighted by atomic mass is 16.5. The number of aromatic nitrogens is 1. The summed E-state index contributed by atoms with van der Waals surface area (Å²) < 4.78 is 4.99. The molecule has 0 bridgehead atoms. The van der Waals surface area contributed by atoms with Crippen molar-refractivity contribution in [3.05, 3.63) is 53.9 Å². The fraction of sp³-hybridized carbons (Fsp3) is 0.471. The Morgan fingerprint density at radius 2 is 2.05 bits per heavy atom. The molecule has 2 fully saturated rings. The van der Waals surface area contributed by atoms with Gasteiger partial charge in [-0.05, 0) is 24.3 Å². The molecule has 4 rings (SSSR count). The van der Waals surface area contributed by atoms with Gasteiger partial charge in [-0.3, -0.25) is 4.90 Å². The Kier molecular flexibility index (Phi) is 3.49. The quantitative estimate of drug-likeness (QED) is 0.936. The third-order valence-corrected chi connectivity index (χ3v) is 4.68. The molecule has 4 heteroatoms. The van der Waals surface area contributed by atoms with E-state index in [0.717, 1.165) is 31.2 Å². The number of rotatable bonds is 4. The van der Waals surface area contributed by atoms with Crippen LogP contribution in [0.1, 0.15) is 30.1 Å². The Hall–Kier alpha value is -1.65. The zero-order chi connectivity index (χ0) is 14.1. The minimum atomic E-state index is 0.415. The summed E-state index contributed by atoms with van der Waals surface area (Å²) in [7, 11) is 0. The van der Waals surface area contributed by atoms with E-state index in [-0.39, 0.29) is 0 Å². The molecule has 2 aromatic rings. The highest BCUT2D eigenvalue weighted by Gasteiger charge is 2.37. The molecular weight excluding hydrogens is 262 g/mol. The molecule has 110 valence electrons. The van der Waals surface area contributed by atoms with Gasteiger partial charge in [0, 0.05) is 37.8 Å². The van der Waals surface area contributed by atoms with E-state index in [2.05, 4.69) is 45.7 Å². The van der Waals surface area contributed by atoms with Crippen molar-refractivity contribution in [2.75, 3.05) is 13.1 Å². The van der Waals surface area contributed by atoms with Crippen LogP contribution < -0.4 is 5.32 Å². The van der Waals surface area contributed by atoms with Crippen molar-refractivity contribution < 1.29 is 4.52 Å². The van der Waals surface area contributed by atoms with Gasteiger partial charge in [0.2, 0.25) is 0 Å². The summed E-state index contributed by atoms with van der Waals surface area (Å²) in [6.07, 6.45) is 4.42. The van der Waals surface area contributed by atoms with Crippen LogP contribution in [0.3, 0.4) is 0 Å². The molecule has 0 spiro atoms.